The van der Waals surface area contributed by atoms with Gasteiger partial charge in [-0.15, -0.1) is 0 Å². The molecule has 0 aromatic carbocycles. The summed E-state index contributed by atoms with van der Waals surface area (Å²) in [4.78, 5) is 0. The van der Waals surface area contributed by atoms with Gasteiger partial charge in [-0.2, -0.15) is 12.7 Å². The van der Waals surface area contributed by atoms with Crippen LogP contribution in [0, 0.1) is 5.92 Å². The summed E-state index contributed by atoms with van der Waals surface area (Å²) in [6, 6.07) is 0.111. The molecule has 3 nitrogen and oxygen atoms in total. The molecule has 0 aromatic rings. The van der Waals surface area contributed by atoms with Crippen molar-refractivity contribution in [3.8, 4) is 0 Å². The molecule has 5 heteroatoms. The van der Waals surface area contributed by atoms with Gasteiger partial charge < -0.3 is 0 Å². The molecule has 1 rings (SSSR count). The number of halogens is 1. The Labute approximate surface area is 91.0 Å². The molecule has 0 radical (unpaired) electrons. The van der Waals surface area contributed by atoms with Gasteiger partial charge in [0.1, 0.15) is 0 Å². The summed E-state index contributed by atoms with van der Waals surface area (Å²) in [6.07, 6.45) is 5.34. The quantitative estimate of drug-likeness (QED) is 0.710. The highest BCUT2D eigenvalue weighted by atomic mass is 35.7. The van der Waals surface area contributed by atoms with Crippen LogP contribution in [0.25, 0.3) is 0 Å². The van der Waals surface area contributed by atoms with Crippen LogP contribution < -0.4 is 0 Å². The van der Waals surface area contributed by atoms with Crippen molar-refractivity contribution in [3.05, 3.63) is 0 Å². The molecule has 0 heterocycles. The molecule has 1 aliphatic carbocycles. The van der Waals surface area contributed by atoms with E-state index in [1.807, 2.05) is 0 Å². The van der Waals surface area contributed by atoms with E-state index in [4.69, 9.17) is 10.7 Å². The van der Waals surface area contributed by atoms with E-state index in [1.165, 1.54) is 10.7 Å². The van der Waals surface area contributed by atoms with Gasteiger partial charge in [0, 0.05) is 23.8 Å². The summed E-state index contributed by atoms with van der Waals surface area (Å²) in [5, 5.41) is 0. The van der Waals surface area contributed by atoms with Gasteiger partial charge in [0.2, 0.25) is 0 Å². The van der Waals surface area contributed by atoms with E-state index in [1.54, 1.807) is 7.05 Å². The first-order valence-electron chi connectivity index (χ1n) is 5.12. The van der Waals surface area contributed by atoms with Gasteiger partial charge in [-0.05, 0) is 31.6 Å². The highest BCUT2D eigenvalue weighted by Crippen LogP contribution is 2.30. The largest absolute Gasteiger partial charge is 0.299 e. The van der Waals surface area contributed by atoms with E-state index in [9.17, 15) is 8.42 Å². The molecule has 0 amide bonds. The van der Waals surface area contributed by atoms with E-state index in [0.29, 0.717) is 0 Å². The average Bonchev–Trinajstić information content (AvgIpc) is 2.15. The van der Waals surface area contributed by atoms with E-state index >= 15 is 0 Å². The molecule has 1 fully saturated rings. The number of hydrogen-bond acceptors (Lipinski definition) is 2. The van der Waals surface area contributed by atoms with Gasteiger partial charge in [-0.1, -0.05) is 13.3 Å². The van der Waals surface area contributed by atoms with Crippen molar-refractivity contribution >= 4 is 19.9 Å². The highest BCUT2D eigenvalue weighted by molar-refractivity contribution is 8.11. The molecule has 0 aromatic heterocycles. The lowest BCUT2D eigenvalue weighted by atomic mass is 9.85. The lowest BCUT2D eigenvalue weighted by molar-refractivity contribution is 0.235. The Morgan fingerprint density at radius 3 is 2.14 bits per heavy atom. The molecule has 84 valence electrons. The van der Waals surface area contributed by atoms with E-state index < -0.39 is 9.24 Å². The zero-order valence-electron chi connectivity index (χ0n) is 8.74. The first kappa shape index (κ1) is 12.3. The molecule has 14 heavy (non-hydrogen) atoms. The summed E-state index contributed by atoms with van der Waals surface area (Å²) in [6.45, 7) is 2.19. The Bertz CT molecular complexity index is 271. The zero-order chi connectivity index (χ0) is 10.8. The Morgan fingerprint density at radius 2 is 1.79 bits per heavy atom. The Hall–Kier alpha value is 0.200. The fourth-order valence-corrected chi connectivity index (χ4v) is 3.00. The predicted octanol–water partition coefficient (Wildman–Crippen LogP) is 2.37. The Kier molecular flexibility index (Phi) is 4.22. The van der Waals surface area contributed by atoms with E-state index in [2.05, 4.69) is 6.92 Å². The minimum atomic E-state index is -3.52. The normalized spacial score (nSPS) is 29.4. The Balaban J connectivity index is 2.50. The SMILES string of the molecule is CCC1CCC(N(C)S(=O)(=O)Cl)CC1. The maximum Gasteiger partial charge on any atom is 0.299 e. The van der Waals surface area contributed by atoms with Crippen LogP contribution in [-0.4, -0.2) is 25.8 Å². The number of rotatable bonds is 3. The van der Waals surface area contributed by atoms with Crippen LogP contribution >= 0.6 is 10.7 Å². The topological polar surface area (TPSA) is 37.4 Å². The van der Waals surface area contributed by atoms with Crippen molar-refractivity contribution in [3.63, 3.8) is 0 Å². The minimum Gasteiger partial charge on any atom is -0.195 e. The molecule has 0 spiro atoms. The molecular formula is C9H18ClNO2S. The zero-order valence-corrected chi connectivity index (χ0v) is 10.3. The molecule has 0 N–H and O–H groups in total. The molecular weight excluding hydrogens is 222 g/mol. The molecule has 0 unspecified atom stereocenters. The third-order valence-electron chi connectivity index (χ3n) is 3.25. The van der Waals surface area contributed by atoms with Crippen LogP contribution in [0.3, 0.4) is 0 Å². The molecule has 0 bridgehead atoms. The molecule has 0 atom stereocenters. The van der Waals surface area contributed by atoms with Crippen LogP contribution in [0.15, 0.2) is 0 Å². The van der Waals surface area contributed by atoms with Crippen LogP contribution in [0.5, 0.6) is 0 Å². The summed E-state index contributed by atoms with van der Waals surface area (Å²) in [5.74, 6) is 0.776. The third kappa shape index (κ3) is 3.11. The van der Waals surface area contributed by atoms with E-state index in [-0.39, 0.29) is 6.04 Å². The lowest BCUT2D eigenvalue weighted by Gasteiger charge is -2.32. The number of hydrogen-bond donors (Lipinski definition) is 0. The van der Waals surface area contributed by atoms with Gasteiger partial charge in [-0.3, -0.25) is 0 Å². The first-order chi connectivity index (χ1) is 6.45. The smallest absolute Gasteiger partial charge is 0.195 e. The molecule has 1 aliphatic rings. The lowest BCUT2D eigenvalue weighted by Crippen LogP contribution is -2.37. The van der Waals surface area contributed by atoms with Crippen LogP contribution in [0.1, 0.15) is 39.0 Å². The van der Waals surface area contributed by atoms with Gasteiger partial charge in [0.05, 0.1) is 0 Å². The molecule has 0 saturated heterocycles. The van der Waals surface area contributed by atoms with Crippen LogP contribution in [0.4, 0.5) is 0 Å². The summed E-state index contributed by atoms with van der Waals surface area (Å²) in [7, 11) is 3.33. The van der Waals surface area contributed by atoms with Gasteiger partial charge >= 0.3 is 0 Å². The summed E-state index contributed by atoms with van der Waals surface area (Å²) >= 11 is 0. The van der Waals surface area contributed by atoms with Crippen molar-refractivity contribution in [1.29, 1.82) is 0 Å². The monoisotopic (exact) mass is 239 g/mol. The second-order valence-electron chi connectivity index (χ2n) is 4.04. The minimum absolute atomic E-state index is 0.111. The first-order valence-corrected chi connectivity index (χ1v) is 7.39. The molecule has 1 saturated carbocycles. The van der Waals surface area contributed by atoms with Crippen molar-refractivity contribution in [1.82, 2.24) is 4.31 Å². The van der Waals surface area contributed by atoms with Gasteiger partial charge in [-0.25, -0.2) is 0 Å². The Morgan fingerprint density at radius 1 is 1.29 bits per heavy atom. The average molecular weight is 240 g/mol. The number of nitrogens with zero attached hydrogens (tertiary/aromatic N) is 1. The third-order valence-corrected chi connectivity index (χ3v) is 4.89. The van der Waals surface area contributed by atoms with Crippen molar-refractivity contribution < 1.29 is 8.42 Å². The van der Waals surface area contributed by atoms with Crippen molar-refractivity contribution in [2.45, 2.75) is 45.1 Å². The van der Waals surface area contributed by atoms with Gasteiger partial charge in [0.25, 0.3) is 9.24 Å². The van der Waals surface area contributed by atoms with Crippen LogP contribution in [0.2, 0.25) is 0 Å². The van der Waals surface area contributed by atoms with E-state index in [0.717, 1.165) is 31.6 Å². The maximum atomic E-state index is 11.1. The van der Waals surface area contributed by atoms with Crippen LogP contribution in [-0.2, 0) is 9.24 Å². The second kappa shape index (κ2) is 4.81. The standard InChI is InChI=1S/C9H18ClNO2S/c1-3-8-4-6-9(7-5-8)11(2)14(10,12)13/h8-9H,3-7H2,1-2H3. The highest BCUT2D eigenvalue weighted by Gasteiger charge is 2.28. The second-order valence-corrected chi connectivity index (χ2v) is 6.61. The molecule has 0 aliphatic heterocycles. The van der Waals surface area contributed by atoms with Gasteiger partial charge in [0.15, 0.2) is 0 Å². The predicted molar refractivity (Wildman–Crippen MR) is 58.6 cm³/mol. The van der Waals surface area contributed by atoms with Crippen molar-refractivity contribution in [2.24, 2.45) is 5.92 Å². The van der Waals surface area contributed by atoms with Crippen molar-refractivity contribution in [2.75, 3.05) is 7.05 Å². The fourth-order valence-electron chi connectivity index (χ4n) is 2.09. The summed E-state index contributed by atoms with van der Waals surface area (Å²) in [5.41, 5.74) is 0. The maximum absolute atomic E-state index is 11.1. The summed E-state index contributed by atoms with van der Waals surface area (Å²) < 4.78 is 23.5. The fraction of sp³-hybridized carbons (Fsp3) is 1.00.